The summed E-state index contributed by atoms with van der Waals surface area (Å²) in [6, 6.07) is 9.01. The summed E-state index contributed by atoms with van der Waals surface area (Å²) in [5.74, 6) is 2.02. The molecule has 0 aromatic heterocycles. The van der Waals surface area contributed by atoms with Crippen molar-refractivity contribution in [3.63, 3.8) is 0 Å². The van der Waals surface area contributed by atoms with E-state index in [4.69, 9.17) is 9.47 Å². The highest BCUT2D eigenvalue weighted by molar-refractivity contribution is 5.99. The Labute approximate surface area is 171 Å². The maximum absolute atomic E-state index is 13.0. The van der Waals surface area contributed by atoms with Gasteiger partial charge in [-0.3, -0.25) is 4.79 Å². The number of ketones is 1. The zero-order chi connectivity index (χ0) is 20.4. The van der Waals surface area contributed by atoms with E-state index in [1.54, 1.807) is 24.3 Å². The third-order valence-electron chi connectivity index (χ3n) is 6.81. The Morgan fingerprint density at radius 2 is 1.69 bits per heavy atom. The van der Waals surface area contributed by atoms with Crippen LogP contribution in [0.15, 0.2) is 29.8 Å². The first-order valence-corrected chi connectivity index (χ1v) is 10.6. The number of benzene rings is 1. The number of hydrogen-bond donors (Lipinski definition) is 0. The quantitative estimate of drug-likeness (QED) is 0.392. The van der Waals surface area contributed by atoms with Gasteiger partial charge in [-0.2, -0.15) is 5.26 Å². The first-order chi connectivity index (χ1) is 14.0. The normalized spacial score (nSPS) is 29.9. The van der Waals surface area contributed by atoms with E-state index in [1.807, 2.05) is 13.0 Å². The fraction of sp³-hybridized carbons (Fsp3) is 0.542. The SMILES string of the molecule is CCOc1ccc(/C=C(\C#N)C(=O)OCC(=O)C23CC4CC(CC(C4)C2)C3)cc1. The van der Waals surface area contributed by atoms with Crippen molar-refractivity contribution in [2.45, 2.75) is 45.4 Å². The number of carbonyl (C=O) groups is 2. The molecule has 5 rings (SSSR count). The van der Waals surface area contributed by atoms with Gasteiger partial charge in [0.15, 0.2) is 12.4 Å². The number of nitriles is 1. The van der Waals surface area contributed by atoms with Gasteiger partial charge in [0.2, 0.25) is 0 Å². The molecule has 1 aromatic rings. The average Bonchev–Trinajstić information content (AvgIpc) is 2.70. The molecule has 5 heteroatoms. The fourth-order valence-electron chi connectivity index (χ4n) is 5.94. The Bertz CT molecular complexity index is 827. The fourth-order valence-corrected chi connectivity index (χ4v) is 5.94. The van der Waals surface area contributed by atoms with Gasteiger partial charge in [0.25, 0.3) is 0 Å². The molecule has 4 saturated carbocycles. The lowest BCUT2D eigenvalue weighted by Crippen LogP contribution is -2.51. The zero-order valence-corrected chi connectivity index (χ0v) is 16.9. The van der Waals surface area contributed by atoms with Crippen LogP contribution >= 0.6 is 0 Å². The molecule has 1 aromatic carbocycles. The highest BCUT2D eigenvalue weighted by atomic mass is 16.5. The van der Waals surface area contributed by atoms with Crippen molar-refractivity contribution in [3.05, 3.63) is 35.4 Å². The highest BCUT2D eigenvalue weighted by Crippen LogP contribution is 2.60. The summed E-state index contributed by atoms with van der Waals surface area (Å²) in [6.07, 6.45) is 8.10. The number of rotatable bonds is 7. The van der Waals surface area contributed by atoms with Gasteiger partial charge in [-0.15, -0.1) is 0 Å². The smallest absolute Gasteiger partial charge is 0.349 e. The summed E-state index contributed by atoms with van der Waals surface area (Å²) in [5, 5.41) is 9.36. The Balaban J connectivity index is 1.38. The van der Waals surface area contributed by atoms with Gasteiger partial charge < -0.3 is 9.47 Å². The molecule has 0 aliphatic heterocycles. The first kappa shape index (κ1) is 19.7. The first-order valence-electron chi connectivity index (χ1n) is 10.6. The van der Waals surface area contributed by atoms with Crippen LogP contribution in [-0.4, -0.2) is 25.0 Å². The molecule has 0 saturated heterocycles. The van der Waals surface area contributed by atoms with Crippen molar-refractivity contribution in [2.24, 2.45) is 23.2 Å². The van der Waals surface area contributed by atoms with Crippen molar-refractivity contribution in [2.75, 3.05) is 13.2 Å². The Morgan fingerprint density at radius 1 is 1.10 bits per heavy atom. The molecule has 29 heavy (non-hydrogen) atoms. The number of carbonyl (C=O) groups excluding carboxylic acids is 2. The Morgan fingerprint density at radius 3 is 2.21 bits per heavy atom. The van der Waals surface area contributed by atoms with E-state index in [0.29, 0.717) is 29.9 Å². The van der Waals surface area contributed by atoms with Gasteiger partial charge in [0.1, 0.15) is 17.4 Å². The minimum atomic E-state index is -0.737. The lowest BCUT2D eigenvalue weighted by atomic mass is 9.48. The largest absolute Gasteiger partial charge is 0.494 e. The summed E-state index contributed by atoms with van der Waals surface area (Å²) >= 11 is 0. The number of Topliss-reactive ketones (excluding diaryl/α,β-unsaturated/α-hetero) is 1. The molecule has 0 atom stereocenters. The Kier molecular flexibility index (Phi) is 5.45. The van der Waals surface area contributed by atoms with Crippen LogP contribution in [0, 0.1) is 34.5 Å². The molecule has 4 fully saturated rings. The second-order valence-corrected chi connectivity index (χ2v) is 8.87. The monoisotopic (exact) mass is 393 g/mol. The number of hydrogen-bond acceptors (Lipinski definition) is 5. The van der Waals surface area contributed by atoms with Crippen LogP contribution in [0.25, 0.3) is 6.08 Å². The average molecular weight is 393 g/mol. The number of esters is 1. The van der Waals surface area contributed by atoms with E-state index in [-0.39, 0.29) is 23.4 Å². The van der Waals surface area contributed by atoms with Gasteiger partial charge in [-0.05, 0) is 87.0 Å². The Hall–Kier alpha value is -2.61. The second kappa shape index (κ2) is 8.02. The number of nitrogens with zero attached hydrogens (tertiary/aromatic N) is 1. The minimum absolute atomic E-state index is 0.0447. The molecule has 0 heterocycles. The predicted molar refractivity (Wildman–Crippen MR) is 108 cm³/mol. The summed E-state index contributed by atoms with van der Waals surface area (Å²) in [5.41, 5.74) is 0.308. The second-order valence-electron chi connectivity index (χ2n) is 8.87. The number of ether oxygens (including phenoxy) is 2. The lowest BCUT2D eigenvalue weighted by molar-refractivity contribution is -0.155. The summed E-state index contributed by atoms with van der Waals surface area (Å²) in [4.78, 5) is 25.4. The van der Waals surface area contributed by atoms with Crippen LogP contribution in [0.3, 0.4) is 0 Å². The maximum Gasteiger partial charge on any atom is 0.349 e. The van der Waals surface area contributed by atoms with Crippen molar-refractivity contribution in [3.8, 4) is 11.8 Å². The molecular weight excluding hydrogens is 366 g/mol. The lowest BCUT2D eigenvalue weighted by Gasteiger charge is -2.55. The molecule has 5 nitrogen and oxygen atoms in total. The van der Waals surface area contributed by atoms with E-state index in [0.717, 1.165) is 25.0 Å². The summed E-state index contributed by atoms with van der Waals surface area (Å²) in [7, 11) is 0. The molecule has 4 bridgehead atoms. The van der Waals surface area contributed by atoms with Crippen molar-refractivity contribution < 1.29 is 19.1 Å². The van der Waals surface area contributed by atoms with Gasteiger partial charge >= 0.3 is 5.97 Å². The third kappa shape index (κ3) is 4.07. The predicted octanol–water partition coefficient (Wildman–Crippen LogP) is 4.32. The molecule has 0 amide bonds. The standard InChI is InChI=1S/C24H27NO4/c1-2-28-21-5-3-16(4-6-21)10-20(14-25)23(27)29-15-22(26)24-11-17-7-18(12-24)9-19(8-17)13-24/h3-6,10,17-19H,2,7-9,11-13,15H2,1H3/b20-10+. The van der Waals surface area contributed by atoms with Crippen molar-refractivity contribution >= 4 is 17.8 Å². The third-order valence-corrected chi connectivity index (χ3v) is 6.81. The molecule has 152 valence electrons. The van der Waals surface area contributed by atoms with E-state index >= 15 is 0 Å². The van der Waals surface area contributed by atoms with Crippen LogP contribution < -0.4 is 4.74 Å². The zero-order valence-electron chi connectivity index (χ0n) is 16.9. The molecular formula is C24H27NO4. The topological polar surface area (TPSA) is 76.4 Å². The van der Waals surface area contributed by atoms with E-state index in [9.17, 15) is 14.9 Å². The molecule has 0 spiro atoms. The maximum atomic E-state index is 13.0. The molecule has 4 aliphatic carbocycles. The van der Waals surface area contributed by atoms with Crippen molar-refractivity contribution in [1.82, 2.24) is 0 Å². The summed E-state index contributed by atoms with van der Waals surface area (Å²) in [6.45, 7) is 2.25. The van der Waals surface area contributed by atoms with Crippen LogP contribution in [0.2, 0.25) is 0 Å². The van der Waals surface area contributed by atoms with E-state index in [1.165, 1.54) is 25.3 Å². The molecule has 0 unspecified atom stereocenters. The van der Waals surface area contributed by atoms with Crippen LogP contribution in [0.5, 0.6) is 5.75 Å². The van der Waals surface area contributed by atoms with Crippen LogP contribution in [0.1, 0.15) is 51.0 Å². The molecule has 0 radical (unpaired) electrons. The highest BCUT2D eigenvalue weighted by Gasteiger charge is 2.54. The van der Waals surface area contributed by atoms with Gasteiger partial charge in [-0.1, -0.05) is 12.1 Å². The van der Waals surface area contributed by atoms with Crippen LogP contribution in [0.4, 0.5) is 0 Å². The van der Waals surface area contributed by atoms with E-state index < -0.39 is 5.97 Å². The van der Waals surface area contributed by atoms with Gasteiger partial charge in [0, 0.05) is 5.41 Å². The minimum Gasteiger partial charge on any atom is -0.494 e. The van der Waals surface area contributed by atoms with Gasteiger partial charge in [0.05, 0.1) is 6.61 Å². The van der Waals surface area contributed by atoms with Crippen LogP contribution in [-0.2, 0) is 14.3 Å². The van der Waals surface area contributed by atoms with Crippen molar-refractivity contribution in [1.29, 1.82) is 5.26 Å². The molecule has 4 aliphatic rings. The summed E-state index contributed by atoms with van der Waals surface area (Å²) < 4.78 is 10.7. The van der Waals surface area contributed by atoms with Gasteiger partial charge in [-0.25, -0.2) is 4.79 Å². The van der Waals surface area contributed by atoms with E-state index in [2.05, 4.69) is 0 Å². The molecule has 0 N–H and O–H groups in total.